The molecule has 2 atom stereocenters. The van der Waals surface area contributed by atoms with E-state index in [-0.39, 0.29) is 10.9 Å². The fourth-order valence-corrected chi connectivity index (χ4v) is 1.58. The number of rotatable bonds is 4. The summed E-state index contributed by atoms with van der Waals surface area (Å²) < 4.78 is 5.68. The van der Waals surface area contributed by atoms with Gasteiger partial charge in [-0.15, -0.1) is 11.6 Å². The monoisotopic (exact) mass is 234 g/mol. The molecule has 1 rings (SSSR count). The number of ether oxygens (including phenoxy) is 1. The molecule has 0 aliphatic carbocycles. The van der Waals surface area contributed by atoms with Crippen LogP contribution >= 0.6 is 11.6 Å². The van der Waals surface area contributed by atoms with Gasteiger partial charge in [-0.2, -0.15) is 0 Å². The van der Waals surface area contributed by atoms with Crippen LogP contribution in [0.5, 0.6) is 0 Å². The van der Waals surface area contributed by atoms with Crippen LogP contribution in [0.3, 0.4) is 0 Å². The van der Waals surface area contributed by atoms with Gasteiger partial charge in [-0.3, -0.25) is 0 Å². The van der Waals surface area contributed by atoms with E-state index in [1.807, 2.05) is 6.92 Å². The molecule has 3 nitrogen and oxygen atoms in total. The summed E-state index contributed by atoms with van der Waals surface area (Å²) in [4.78, 5) is 2.30. The third kappa shape index (κ3) is 4.27. The molecule has 0 spiro atoms. The van der Waals surface area contributed by atoms with E-state index in [1.165, 1.54) is 0 Å². The van der Waals surface area contributed by atoms with Gasteiger partial charge in [0, 0.05) is 30.6 Å². The first kappa shape index (κ1) is 13.2. The minimum atomic E-state index is -0.0407. The number of nitrogens with one attached hydrogen (secondary N) is 1. The topological polar surface area (TPSA) is 24.5 Å². The number of nitrogens with zero attached hydrogens (tertiary/aromatic N) is 1. The maximum absolute atomic E-state index is 6.10. The number of halogens is 1. The van der Waals surface area contributed by atoms with Crippen molar-refractivity contribution < 1.29 is 4.74 Å². The molecule has 1 aliphatic rings. The van der Waals surface area contributed by atoms with E-state index in [0.29, 0.717) is 6.10 Å². The maximum Gasteiger partial charge on any atom is 0.0826 e. The third-order valence-corrected chi connectivity index (χ3v) is 3.67. The first-order chi connectivity index (χ1) is 6.92. The summed E-state index contributed by atoms with van der Waals surface area (Å²) in [7, 11) is 2.13. The van der Waals surface area contributed by atoms with Crippen LogP contribution in [0.25, 0.3) is 0 Å². The molecule has 0 bridgehead atoms. The molecule has 90 valence electrons. The summed E-state index contributed by atoms with van der Waals surface area (Å²) in [6.45, 7) is 10.00. The quantitative estimate of drug-likeness (QED) is 0.743. The predicted molar refractivity (Wildman–Crippen MR) is 64.6 cm³/mol. The molecular weight excluding hydrogens is 212 g/mol. The molecule has 0 aromatic rings. The fourth-order valence-electron chi connectivity index (χ4n) is 1.51. The van der Waals surface area contributed by atoms with E-state index >= 15 is 0 Å². The molecule has 0 saturated carbocycles. The average Bonchev–Trinajstić information content (AvgIpc) is 2.15. The molecule has 1 saturated heterocycles. The van der Waals surface area contributed by atoms with Crippen molar-refractivity contribution in [2.24, 2.45) is 0 Å². The maximum atomic E-state index is 6.10. The van der Waals surface area contributed by atoms with E-state index in [0.717, 1.165) is 26.2 Å². The zero-order valence-electron chi connectivity index (χ0n) is 10.2. The van der Waals surface area contributed by atoms with Crippen LogP contribution in [0.2, 0.25) is 0 Å². The normalized spacial score (nSPS) is 26.6. The Kier molecular flexibility index (Phi) is 4.84. The van der Waals surface area contributed by atoms with Gasteiger partial charge < -0.3 is 15.0 Å². The average molecular weight is 235 g/mol. The lowest BCUT2D eigenvalue weighted by molar-refractivity contribution is -0.0209. The van der Waals surface area contributed by atoms with Gasteiger partial charge in [0.1, 0.15) is 0 Å². The highest BCUT2D eigenvalue weighted by atomic mass is 35.5. The summed E-state index contributed by atoms with van der Waals surface area (Å²) >= 11 is 6.10. The molecule has 0 aromatic carbocycles. The molecule has 0 amide bonds. The van der Waals surface area contributed by atoms with Crippen molar-refractivity contribution in [2.75, 3.05) is 33.3 Å². The molecular formula is C11H23ClN2O. The van der Waals surface area contributed by atoms with E-state index in [4.69, 9.17) is 16.3 Å². The zero-order chi connectivity index (χ0) is 11.5. The van der Waals surface area contributed by atoms with E-state index in [2.05, 4.69) is 31.1 Å². The Morgan fingerprint density at radius 2 is 2.27 bits per heavy atom. The molecule has 4 heteroatoms. The number of alkyl halides is 1. The van der Waals surface area contributed by atoms with Crippen LogP contribution in [0.15, 0.2) is 0 Å². The van der Waals surface area contributed by atoms with Crippen molar-refractivity contribution in [3.63, 3.8) is 0 Å². The standard InChI is InChI=1S/C11H23ClN2O/c1-9(12)11(2,3)13-7-10-8-14(4)5-6-15-10/h9-10,13H,5-8H2,1-4H3. The summed E-state index contributed by atoms with van der Waals surface area (Å²) in [5.41, 5.74) is -0.0407. The molecule has 15 heavy (non-hydrogen) atoms. The van der Waals surface area contributed by atoms with Crippen molar-refractivity contribution in [3.8, 4) is 0 Å². The molecule has 1 heterocycles. The highest BCUT2D eigenvalue weighted by Crippen LogP contribution is 2.15. The van der Waals surface area contributed by atoms with Crippen molar-refractivity contribution in [1.29, 1.82) is 0 Å². The first-order valence-electron chi connectivity index (χ1n) is 5.61. The lowest BCUT2D eigenvalue weighted by atomic mass is 10.0. The fraction of sp³-hybridized carbons (Fsp3) is 1.00. The van der Waals surface area contributed by atoms with Gasteiger partial charge in [-0.25, -0.2) is 0 Å². The Labute approximate surface area is 98.1 Å². The molecule has 0 aromatic heterocycles. The van der Waals surface area contributed by atoms with E-state index in [9.17, 15) is 0 Å². The van der Waals surface area contributed by atoms with Gasteiger partial charge in [-0.1, -0.05) is 0 Å². The molecule has 1 fully saturated rings. The second-order valence-electron chi connectivity index (χ2n) is 4.97. The molecule has 0 radical (unpaired) electrons. The summed E-state index contributed by atoms with van der Waals surface area (Å²) in [5.74, 6) is 0. The van der Waals surface area contributed by atoms with Crippen LogP contribution in [0.4, 0.5) is 0 Å². The first-order valence-corrected chi connectivity index (χ1v) is 6.04. The van der Waals surface area contributed by atoms with Crippen LogP contribution < -0.4 is 5.32 Å². The number of hydrogen-bond acceptors (Lipinski definition) is 3. The number of likely N-dealkylation sites (N-methyl/N-ethyl adjacent to an activating group) is 1. The van der Waals surface area contributed by atoms with Gasteiger partial charge in [0.15, 0.2) is 0 Å². The van der Waals surface area contributed by atoms with Gasteiger partial charge in [0.2, 0.25) is 0 Å². The Morgan fingerprint density at radius 3 is 2.80 bits per heavy atom. The van der Waals surface area contributed by atoms with Crippen molar-refractivity contribution >= 4 is 11.6 Å². The van der Waals surface area contributed by atoms with Crippen molar-refractivity contribution in [3.05, 3.63) is 0 Å². The van der Waals surface area contributed by atoms with Gasteiger partial charge in [0.25, 0.3) is 0 Å². The lowest BCUT2D eigenvalue weighted by Gasteiger charge is -2.35. The van der Waals surface area contributed by atoms with E-state index in [1.54, 1.807) is 0 Å². The zero-order valence-corrected chi connectivity index (χ0v) is 11.0. The minimum absolute atomic E-state index is 0.0407. The van der Waals surface area contributed by atoms with Gasteiger partial charge in [-0.05, 0) is 27.8 Å². The van der Waals surface area contributed by atoms with Crippen LogP contribution in [0, 0.1) is 0 Å². The smallest absolute Gasteiger partial charge is 0.0826 e. The van der Waals surface area contributed by atoms with Crippen molar-refractivity contribution in [2.45, 2.75) is 37.8 Å². The Balaban J connectivity index is 2.30. The number of morpholine rings is 1. The van der Waals surface area contributed by atoms with Crippen LogP contribution in [-0.4, -0.2) is 55.2 Å². The van der Waals surface area contributed by atoms with Crippen molar-refractivity contribution in [1.82, 2.24) is 10.2 Å². The van der Waals surface area contributed by atoms with Crippen LogP contribution in [0.1, 0.15) is 20.8 Å². The highest BCUT2D eigenvalue weighted by Gasteiger charge is 2.26. The summed E-state index contributed by atoms with van der Waals surface area (Å²) in [5, 5.41) is 3.58. The Morgan fingerprint density at radius 1 is 1.60 bits per heavy atom. The third-order valence-electron chi connectivity index (χ3n) is 3.12. The highest BCUT2D eigenvalue weighted by molar-refractivity contribution is 6.21. The SMILES string of the molecule is CC(Cl)C(C)(C)NCC1CN(C)CCO1. The Bertz CT molecular complexity index is 197. The number of hydrogen-bond donors (Lipinski definition) is 1. The van der Waals surface area contributed by atoms with Crippen LogP contribution in [-0.2, 0) is 4.74 Å². The second-order valence-corrected chi connectivity index (χ2v) is 5.63. The van der Waals surface area contributed by atoms with Gasteiger partial charge in [0.05, 0.1) is 12.7 Å². The van der Waals surface area contributed by atoms with Gasteiger partial charge >= 0.3 is 0 Å². The second kappa shape index (κ2) is 5.48. The van der Waals surface area contributed by atoms with E-state index < -0.39 is 0 Å². The predicted octanol–water partition coefficient (Wildman–Crippen LogP) is 1.31. The summed E-state index contributed by atoms with van der Waals surface area (Å²) in [6, 6.07) is 0. The lowest BCUT2D eigenvalue weighted by Crippen LogP contribution is -2.52. The molecule has 1 N–H and O–H groups in total. The molecule has 2 unspecified atom stereocenters. The Hall–Kier alpha value is 0.170. The largest absolute Gasteiger partial charge is 0.374 e. The minimum Gasteiger partial charge on any atom is -0.374 e. The summed E-state index contributed by atoms with van der Waals surface area (Å²) in [6.07, 6.45) is 0.290. The molecule has 1 aliphatic heterocycles.